The van der Waals surface area contributed by atoms with Gasteiger partial charge in [-0.3, -0.25) is 0 Å². The molecule has 0 aliphatic heterocycles. The maximum Gasteiger partial charge on any atom is 0.0302 e. The van der Waals surface area contributed by atoms with E-state index in [1.54, 1.807) is 0 Å². The molecule has 0 spiro atoms. The molecule has 1 rings (SSSR count). The van der Waals surface area contributed by atoms with Gasteiger partial charge in [-0.25, -0.2) is 0 Å². The number of hydrogen-bond donors (Lipinski definition) is 0. The zero-order valence-corrected chi connectivity index (χ0v) is 11.7. The Morgan fingerprint density at radius 3 is 2.44 bits per heavy atom. The van der Waals surface area contributed by atoms with E-state index in [9.17, 15) is 0 Å². The van der Waals surface area contributed by atoms with Gasteiger partial charge in [-0.15, -0.1) is 0 Å². The van der Waals surface area contributed by atoms with E-state index in [0.717, 1.165) is 24.0 Å². The highest BCUT2D eigenvalue weighted by Gasteiger charge is 1.93. The van der Waals surface area contributed by atoms with Gasteiger partial charge in [0, 0.05) is 12.0 Å². The maximum atomic E-state index is 3.93. The molecule has 0 bridgehead atoms. The van der Waals surface area contributed by atoms with Crippen LogP contribution in [0.3, 0.4) is 0 Å². The number of hydrogen-bond acceptors (Lipinski definition) is 0. The van der Waals surface area contributed by atoms with Crippen molar-refractivity contribution in [3.05, 3.63) is 53.6 Å². The van der Waals surface area contributed by atoms with Gasteiger partial charge in [-0.05, 0) is 38.0 Å². The minimum atomic E-state index is 0.882. The Morgan fingerprint density at radius 1 is 1.28 bits per heavy atom. The topological polar surface area (TPSA) is 0 Å². The highest BCUT2D eigenvalue weighted by Crippen LogP contribution is 2.12. The van der Waals surface area contributed by atoms with Crippen LogP contribution in [0.5, 0.6) is 0 Å². The molecule has 0 saturated carbocycles. The predicted octanol–water partition coefficient (Wildman–Crippen LogP) is 5.21. The van der Waals surface area contributed by atoms with Crippen molar-refractivity contribution in [3.8, 4) is 11.8 Å². The lowest BCUT2D eigenvalue weighted by Crippen LogP contribution is -1.82. The van der Waals surface area contributed by atoms with Gasteiger partial charge in [0.2, 0.25) is 0 Å². The van der Waals surface area contributed by atoms with Crippen LogP contribution in [-0.4, -0.2) is 0 Å². The molecule has 0 radical (unpaired) electrons. The Kier molecular flexibility index (Phi) is 6.01. The monoisotopic (exact) mass is 238 g/mol. The lowest BCUT2D eigenvalue weighted by Gasteiger charge is -1.99. The second kappa shape index (κ2) is 7.56. The van der Waals surface area contributed by atoms with Gasteiger partial charge in [0.25, 0.3) is 0 Å². The van der Waals surface area contributed by atoms with Crippen LogP contribution in [0.15, 0.2) is 42.5 Å². The summed E-state index contributed by atoms with van der Waals surface area (Å²) in [5, 5.41) is 0. The lowest BCUT2D eigenvalue weighted by atomic mass is 10.1. The summed E-state index contributed by atoms with van der Waals surface area (Å²) >= 11 is 0. The molecule has 0 heterocycles. The molecule has 1 aromatic rings. The van der Waals surface area contributed by atoms with Crippen LogP contribution in [0, 0.1) is 11.8 Å². The van der Waals surface area contributed by atoms with E-state index in [2.05, 4.69) is 62.6 Å². The summed E-state index contributed by atoms with van der Waals surface area (Å²) in [6, 6.07) is 8.28. The zero-order chi connectivity index (χ0) is 13.4. The summed E-state index contributed by atoms with van der Waals surface area (Å²) < 4.78 is 0. The zero-order valence-electron chi connectivity index (χ0n) is 11.7. The Morgan fingerprint density at radius 2 is 1.94 bits per heavy atom. The standard InChI is InChI=1S/C18H22/c1-5-8-16(6-2)9-7-10-17-11-13-18(14-12-17)15(3)4/h6,11-14H,3,5,8-9H2,1-2,4H3/b16-6+. The first-order valence-corrected chi connectivity index (χ1v) is 6.56. The van der Waals surface area contributed by atoms with Gasteiger partial charge in [-0.2, -0.15) is 0 Å². The Balaban J connectivity index is 2.65. The molecule has 0 amide bonds. The van der Waals surface area contributed by atoms with E-state index >= 15 is 0 Å². The Labute approximate surface area is 111 Å². The average Bonchev–Trinajstić information content (AvgIpc) is 2.38. The molecule has 0 aliphatic rings. The van der Waals surface area contributed by atoms with E-state index in [1.807, 2.05) is 6.92 Å². The first-order chi connectivity index (χ1) is 8.67. The highest BCUT2D eigenvalue weighted by atomic mass is 14.0. The molecule has 0 fully saturated rings. The third-order valence-electron chi connectivity index (χ3n) is 2.91. The molecule has 0 nitrogen and oxygen atoms in total. The summed E-state index contributed by atoms with van der Waals surface area (Å²) in [4.78, 5) is 0. The third-order valence-corrected chi connectivity index (χ3v) is 2.91. The van der Waals surface area contributed by atoms with Gasteiger partial charge in [0.1, 0.15) is 0 Å². The fourth-order valence-corrected chi connectivity index (χ4v) is 1.75. The molecule has 0 atom stereocenters. The van der Waals surface area contributed by atoms with Gasteiger partial charge >= 0.3 is 0 Å². The van der Waals surface area contributed by atoms with Crippen LogP contribution in [-0.2, 0) is 0 Å². The average molecular weight is 238 g/mol. The highest BCUT2D eigenvalue weighted by molar-refractivity contribution is 5.62. The van der Waals surface area contributed by atoms with Gasteiger partial charge in [0.05, 0.1) is 0 Å². The van der Waals surface area contributed by atoms with Crippen molar-refractivity contribution >= 4 is 5.57 Å². The van der Waals surface area contributed by atoms with E-state index in [1.165, 1.54) is 17.6 Å². The summed E-state index contributed by atoms with van der Waals surface area (Å²) in [5.41, 5.74) is 4.78. The molecule has 0 heteroatoms. The second-order valence-electron chi connectivity index (χ2n) is 4.53. The predicted molar refractivity (Wildman–Crippen MR) is 81.3 cm³/mol. The molecular formula is C18H22. The van der Waals surface area contributed by atoms with Crippen LogP contribution in [0.25, 0.3) is 5.57 Å². The van der Waals surface area contributed by atoms with Crippen molar-refractivity contribution in [1.29, 1.82) is 0 Å². The Hall–Kier alpha value is -1.74. The van der Waals surface area contributed by atoms with Crippen LogP contribution >= 0.6 is 0 Å². The molecular weight excluding hydrogens is 216 g/mol. The molecule has 94 valence electrons. The van der Waals surface area contributed by atoms with Gasteiger partial charge in [-0.1, -0.05) is 61.1 Å². The molecule has 18 heavy (non-hydrogen) atoms. The molecule has 0 aromatic heterocycles. The Bertz CT molecular complexity index is 475. The molecule has 0 N–H and O–H groups in total. The molecule has 0 saturated heterocycles. The summed E-state index contributed by atoms with van der Waals surface area (Å²) in [5.74, 6) is 6.46. The summed E-state index contributed by atoms with van der Waals surface area (Å²) in [7, 11) is 0. The fraction of sp³-hybridized carbons (Fsp3) is 0.333. The largest absolute Gasteiger partial charge is 0.0955 e. The van der Waals surface area contributed by atoms with Crippen LogP contribution in [0.1, 0.15) is 51.2 Å². The normalized spacial score (nSPS) is 10.7. The van der Waals surface area contributed by atoms with E-state index in [0.29, 0.717) is 0 Å². The number of benzene rings is 1. The molecule has 1 aromatic carbocycles. The van der Waals surface area contributed by atoms with Crippen molar-refractivity contribution in [1.82, 2.24) is 0 Å². The second-order valence-corrected chi connectivity index (χ2v) is 4.53. The SMILES string of the molecule is C=C(C)c1ccc(C#CC/C(=C/C)CCC)cc1. The third kappa shape index (κ3) is 4.63. The lowest BCUT2D eigenvalue weighted by molar-refractivity contribution is 0.883. The van der Waals surface area contributed by atoms with E-state index in [-0.39, 0.29) is 0 Å². The molecule has 0 aliphatic carbocycles. The van der Waals surface area contributed by atoms with Crippen LogP contribution in [0.4, 0.5) is 0 Å². The van der Waals surface area contributed by atoms with E-state index in [4.69, 9.17) is 0 Å². The van der Waals surface area contributed by atoms with Gasteiger partial charge in [0.15, 0.2) is 0 Å². The van der Waals surface area contributed by atoms with Crippen molar-refractivity contribution in [2.75, 3.05) is 0 Å². The smallest absolute Gasteiger partial charge is 0.0302 e. The number of rotatable bonds is 4. The van der Waals surface area contributed by atoms with Crippen LogP contribution < -0.4 is 0 Å². The molecule has 0 unspecified atom stereocenters. The van der Waals surface area contributed by atoms with Crippen LogP contribution in [0.2, 0.25) is 0 Å². The number of allylic oxidation sites excluding steroid dienone is 3. The van der Waals surface area contributed by atoms with E-state index < -0.39 is 0 Å². The van der Waals surface area contributed by atoms with Crippen molar-refractivity contribution in [3.63, 3.8) is 0 Å². The first-order valence-electron chi connectivity index (χ1n) is 6.56. The van der Waals surface area contributed by atoms with Crippen molar-refractivity contribution < 1.29 is 0 Å². The van der Waals surface area contributed by atoms with Crippen molar-refractivity contribution in [2.24, 2.45) is 0 Å². The minimum Gasteiger partial charge on any atom is -0.0955 e. The maximum absolute atomic E-state index is 3.93. The van der Waals surface area contributed by atoms with Crippen molar-refractivity contribution in [2.45, 2.75) is 40.0 Å². The quantitative estimate of drug-likeness (QED) is 0.499. The first kappa shape index (κ1) is 14.3. The minimum absolute atomic E-state index is 0.882. The summed E-state index contributed by atoms with van der Waals surface area (Å²) in [6.45, 7) is 10.2. The fourth-order valence-electron chi connectivity index (χ4n) is 1.75. The van der Waals surface area contributed by atoms with Gasteiger partial charge < -0.3 is 0 Å². The summed E-state index contributed by atoms with van der Waals surface area (Å²) in [6.07, 6.45) is 5.41.